The van der Waals surface area contributed by atoms with Crippen LogP contribution in [-0.2, 0) is 14.2 Å². The van der Waals surface area contributed by atoms with Crippen LogP contribution in [0.1, 0.15) is 26.7 Å². The van der Waals surface area contributed by atoms with Gasteiger partial charge in [0.2, 0.25) is 0 Å². The van der Waals surface area contributed by atoms with Crippen LogP contribution < -0.4 is 0 Å². The lowest BCUT2D eigenvalue weighted by Gasteiger charge is -2.19. The van der Waals surface area contributed by atoms with Crippen LogP contribution in [0.15, 0.2) is 0 Å². The van der Waals surface area contributed by atoms with Crippen LogP contribution in [0.5, 0.6) is 0 Å². The maximum absolute atomic E-state index is 8.54. The smallest absolute Gasteiger partial charge is 0.157 e. The first-order valence-electron chi connectivity index (χ1n) is 7.99. The highest BCUT2D eigenvalue weighted by Gasteiger charge is 2.08. The van der Waals surface area contributed by atoms with Gasteiger partial charge in [0, 0.05) is 13.2 Å². The van der Waals surface area contributed by atoms with Gasteiger partial charge in [0.1, 0.15) is 0 Å². The van der Waals surface area contributed by atoms with Gasteiger partial charge in [-0.2, -0.15) is 0 Å². The molecular weight excluding hydrogens is 300 g/mol. The van der Waals surface area contributed by atoms with Gasteiger partial charge in [-0.05, 0) is 69.0 Å². The van der Waals surface area contributed by atoms with Crippen molar-refractivity contribution in [3.8, 4) is 0 Å². The summed E-state index contributed by atoms with van der Waals surface area (Å²) in [6, 6.07) is 0. The summed E-state index contributed by atoms with van der Waals surface area (Å²) in [4.78, 5) is 4.00. The Kier molecular flexibility index (Phi) is 26.0. The van der Waals surface area contributed by atoms with Gasteiger partial charge in [-0.3, -0.25) is 0 Å². The third kappa shape index (κ3) is 44.9. The van der Waals surface area contributed by atoms with Crippen LogP contribution in [0.25, 0.3) is 0 Å². The molecule has 2 atom stereocenters. The van der Waals surface area contributed by atoms with E-state index in [2.05, 4.69) is 0 Å². The predicted octanol–water partition coefficient (Wildman–Crippen LogP) is 0.849. The molecular formula is C16H40N2O5. The first-order valence-corrected chi connectivity index (χ1v) is 7.99. The molecule has 2 N–H and O–H groups in total. The molecule has 0 aliphatic heterocycles. The zero-order valence-corrected chi connectivity index (χ0v) is 16.4. The zero-order chi connectivity index (χ0) is 18.7. The summed E-state index contributed by atoms with van der Waals surface area (Å²) in [7, 11) is 12.0. The molecule has 0 saturated heterocycles. The molecule has 23 heavy (non-hydrogen) atoms. The maximum atomic E-state index is 8.54. The molecule has 0 spiro atoms. The fourth-order valence-electron chi connectivity index (χ4n) is 0.976. The topological polar surface area (TPSA) is 74.6 Å². The molecule has 0 amide bonds. The molecule has 2 unspecified atom stereocenters. The highest BCUT2D eigenvalue weighted by atomic mass is 16.8. The number of ether oxygens (including phenoxy) is 3. The summed E-state index contributed by atoms with van der Waals surface area (Å²) < 4.78 is 15.8. The van der Waals surface area contributed by atoms with Crippen LogP contribution in [0.3, 0.4) is 0 Å². The summed E-state index contributed by atoms with van der Waals surface area (Å²) >= 11 is 0. The Morgan fingerprint density at radius 2 is 0.957 bits per heavy atom. The number of rotatable bonds is 10. The normalized spacial score (nSPS) is 13.0. The Balaban J connectivity index is -0.000000413. The Morgan fingerprint density at radius 3 is 1.17 bits per heavy atom. The molecule has 0 saturated carbocycles. The summed E-state index contributed by atoms with van der Waals surface area (Å²) in [5.41, 5.74) is 0. The number of hydrogen-bond donors (Lipinski definition) is 2. The average molecular weight is 341 g/mol. The number of hydrogen-bond acceptors (Lipinski definition) is 7. The molecule has 0 aliphatic carbocycles. The second-order valence-electron chi connectivity index (χ2n) is 5.85. The van der Waals surface area contributed by atoms with Gasteiger partial charge in [-0.15, -0.1) is 0 Å². The van der Waals surface area contributed by atoms with Crippen molar-refractivity contribution in [1.29, 1.82) is 0 Å². The SMILES string of the molecule is CC(OCCCO)OC(C)OCCCO.CN(C)C.CN(C)C. The fourth-order valence-corrected chi connectivity index (χ4v) is 0.976. The molecule has 0 aliphatic rings. The van der Waals surface area contributed by atoms with E-state index in [4.69, 9.17) is 24.4 Å². The van der Waals surface area contributed by atoms with Crippen molar-refractivity contribution in [2.45, 2.75) is 39.3 Å². The minimum atomic E-state index is -0.347. The monoisotopic (exact) mass is 340 g/mol. The van der Waals surface area contributed by atoms with Gasteiger partial charge in [0.15, 0.2) is 12.6 Å². The van der Waals surface area contributed by atoms with E-state index in [1.54, 1.807) is 13.8 Å². The van der Waals surface area contributed by atoms with Crippen LogP contribution in [0, 0.1) is 0 Å². The Hall–Kier alpha value is -0.280. The van der Waals surface area contributed by atoms with E-state index in [9.17, 15) is 0 Å². The molecule has 144 valence electrons. The van der Waals surface area contributed by atoms with Crippen LogP contribution in [0.4, 0.5) is 0 Å². The lowest BCUT2D eigenvalue weighted by Crippen LogP contribution is -2.23. The van der Waals surface area contributed by atoms with Crippen molar-refractivity contribution in [3.63, 3.8) is 0 Å². The van der Waals surface area contributed by atoms with E-state index < -0.39 is 0 Å². The molecule has 0 radical (unpaired) electrons. The standard InChI is InChI=1S/C10H22O5.2C3H9N/c1-9(13-7-3-5-11)15-10(2)14-8-4-6-12;2*1-4(2)3/h9-12H,3-8H2,1-2H3;2*1-3H3. The van der Waals surface area contributed by atoms with Crippen molar-refractivity contribution in [2.24, 2.45) is 0 Å². The summed E-state index contributed by atoms with van der Waals surface area (Å²) in [5.74, 6) is 0. The van der Waals surface area contributed by atoms with E-state index in [1.165, 1.54) is 0 Å². The second kappa shape index (κ2) is 21.7. The molecule has 0 aromatic heterocycles. The molecule has 0 fully saturated rings. The molecule has 7 heteroatoms. The van der Waals surface area contributed by atoms with E-state index >= 15 is 0 Å². The summed E-state index contributed by atoms with van der Waals surface area (Å²) in [5, 5.41) is 17.1. The van der Waals surface area contributed by atoms with E-state index in [-0.39, 0.29) is 25.8 Å². The maximum Gasteiger partial charge on any atom is 0.157 e. The van der Waals surface area contributed by atoms with Crippen LogP contribution >= 0.6 is 0 Å². The summed E-state index contributed by atoms with van der Waals surface area (Å²) in [6.45, 7) is 4.75. The first kappa shape index (κ1) is 27.6. The minimum Gasteiger partial charge on any atom is -0.396 e. The molecule has 0 aromatic rings. The minimum absolute atomic E-state index is 0.120. The van der Waals surface area contributed by atoms with Gasteiger partial charge in [0.05, 0.1) is 13.2 Å². The fraction of sp³-hybridized carbons (Fsp3) is 1.00. The Morgan fingerprint density at radius 1 is 0.696 bits per heavy atom. The Bertz CT molecular complexity index is 181. The molecule has 0 rings (SSSR count). The number of nitrogens with zero attached hydrogens (tertiary/aromatic N) is 2. The van der Waals surface area contributed by atoms with Gasteiger partial charge < -0.3 is 34.2 Å². The molecule has 7 nitrogen and oxygen atoms in total. The first-order chi connectivity index (χ1) is 10.7. The molecule has 0 bridgehead atoms. The third-order valence-electron chi connectivity index (χ3n) is 1.69. The van der Waals surface area contributed by atoms with Gasteiger partial charge >= 0.3 is 0 Å². The van der Waals surface area contributed by atoms with Gasteiger partial charge in [-0.25, -0.2) is 0 Å². The molecule has 0 aromatic carbocycles. The van der Waals surface area contributed by atoms with E-state index in [1.807, 2.05) is 52.1 Å². The van der Waals surface area contributed by atoms with Crippen molar-refractivity contribution in [2.75, 3.05) is 68.7 Å². The lowest BCUT2D eigenvalue weighted by atomic mass is 10.5. The quantitative estimate of drug-likeness (QED) is 0.451. The van der Waals surface area contributed by atoms with Crippen molar-refractivity contribution < 1.29 is 24.4 Å². The van der Waals surface area contributed by atoms with Crippen molar-refractivity contribution in [1.82, 2.24) is 9.80 Å². The largest absolute Gasteiger partial charge is 0.396 e. The zero-order valence-electron chi connectivity index (χ0n) is 16.4. The van der Waals surface area contributed by atoms with Crippen molar-refractivity contribution >= 4 is 0 Å². The van der Waals surface area contributed by atoms with Crippen LogP contribution in [-0.4, -0.2) is 101 Å². The second-order valence-corrected chi connectivity index (χ2v) is 5.85. The highest BCUT2D eigenvalue weighted by molar-refractivity contribution is 4.39. The van der Waals surface area contributed by atoms with Crippen molar-refractivity contribution in [3.05, 3.63) is 0 Å². The van der Waals surface area contributed by atoms with Gasteiger partial charge in [-0.1, -0.05) is 0 Å². The average Bonchev–Trinajstić information content (AvgIpc) is 2.38. The lowest BCUT2D eigenvalue weighted by molar-refractivity contribution is -0.232. The Labute approximate surface area is 143 Å². The highest BCUT2D eigenvalue weighted by Crippen LogP contribution is 2.02. The van der Waals surface area contributed by atoms with E-state index in [0.29, 0.717) is 26.1 Å². The third-order valence-corrected chi connectivity index (χ3v) is 1.69. The van der Waals surface area contributed by atoms with Crippen LogP contribution in [0.2, 0.25) is 0 Å². The van der Waals surface area contributed by atoms with Gasteiger partial charge in [0.25, 0.3) is 0 Å². The number of aliphatic hydroxyl groups is 2. The molecule has 0 heterocycles. The number of aliphatic hydroxyl groups excluding tert-OH is 2. The summed E-state index contributed by atoms with van der Waals surface area (Å²) in [6.07, 6.45) is 0.516. The predicted molar refractivity (Wildman–Crippen MR) is 94.5 cm³/mol. The van der Waals surface area contributed by atoms with E-state index in [0.717, 1.165) is 0 Å².